The van der Waals surface area contributed by atoms with Gasteiger partial charge in [-0.2, -0.15) is 0 Å². The SMILES string of the molecule is C=CCc1c(-c2cc(=O)c3c(OCC(O)CO)cc(OCC(=O)O)cc3o2)ccc(OC)c1O. The predicted molar refractivity (Wildman–Crippen MR) is 122 cm³/mol. The molecule has 1 unspecified atom stereocenters. The number of aromatic hydroxyl groups is 1. The molecule has 0 amide bonds. The van der Waals surface area contributed by atoms with E-state index in [1.54, 1.807) is 12.1 Å². The Morgan fingerprint density at radius 2 is 1.97 bits per heavy atom. The van der Waals surface area contributed by atoms with Crippen molar-refractivity contribution >= 4 is 16.9 Å². The van der Waals surface area contributed by atoms with Crippen molar-refractivity contribution in [1.82, 2.24) is 0 Å². The monoisotopic (exact) mass is 472 g/mol. The van der Waals surface area contributed by atoms with Crippen LogP contribution in [0.15, 0.2) is 52.2 Å². The fourth-order valence-electron chi connectivity index (χ4n) is 3.30. The number of benzene rings is 2. The van der Waals surface area contributed by atoms with Crippen LogP contribution in [0.4, 0.5) is 0 Å². The van der Waals surface area contributed by atoms with Crippen molar-refractivity contribution < 1.29 is 43.8 Å². The molecule has 1 aromatic heterocycles. The third kappa shape index (κ3) is 5.30. The highest BCUT2D eigenvalue weighted by Gasteiger charge is 2.20. The third-order valence-corrected chi connectivity index (χ3v) is 4.85. The van der Waals surface area contributed by atoms with Crippen LogP contribution >= 0.6 is 0 Å². The molecule has 3 aromatic rings. The molecule has 0 radical (unpaired) electrons. The maximum atomic E-state index is 13.1. The van der Waals surface area contributed by atoms with Gasteiger partial charge in [0.15, 0.2) is 23.5 Å². The summed E-state index contributed by atoms with van der Waals surface area (Å²) in [5, 5.41) is 38.2. The average molecular weight is 472 g/mol. The summed E-state index contributed by atoms with van der Waals surface area (Å²) < 4.78 is 21.8. The van der Waals surface area contributed by atoms with Crippen LogP contribution in [-0.2, 0) is 11.2 Å². The molecule has 1 heterocycles. The topological polar surface area (TPSA) is 156 Å². The number of hydrogen-bond acceptors (Lipinski definition) is 9. The first-order valence-electron chi connectivity index (χ1n) is 10.2. The Morgan fingerprint density at radius 1 is 1.21 bits per heavy atom. The minimum absolute atomic E-state index is 0.0189. The van der Waals surface area contributed by atoms with Crippen molar-refractivity contribution in [2.24, 2.45) is 0 Å². The Morgan fingerprint density at radius 3 is 2.62 bits per heavy atom. The van der Waals surface area contributed by atoms with Gasteiger partial charge in [0.25, 0.3) is 0 Å². The summed E-state index contributed by atoms with van der Waals surface area (Å²) in [5.74, 6) is -0.933. The highest BCUT2D eigenvalue weighted by molar-refractivity contribution is 5.87. The number of methoxy groups -OCH3 is 1. The summed E-state index contributed by atoms with van der Waals surface area (Å²) in [6.07, 6.45) is 0.636. The molecule has 0 aliphatic carbocycles. The molecular weight excluding hydrogens is 448 g/mol. The number of aliphatic hydroxyl groups is 2. The minimum atomic E-state index is -1.21. The standard InChI is InChI=1S/C24H24O10/c1-3-4-16-15(5-6-18(31-2)24(16)30)19-9-17(27)23-20(33-11-13(26)10-25)7-14(8-21(23)34-19)32-12-22(28)29/h3,5-9,13,25-26,30H,1,4,10-12H2,2H3,(H,28,29). The van der Waals surface area contributed by atoms with Gasteiger partial charge in [-0.15, -0.1) is 6.58 Å². The second-order valence-electron chi connectivity index (χ2n) is 7.23. The van der Waals surface area contributed by atoms with Gasteiger partial charge in [0.1, 0.15) is 40.9 Å². The number of hydrogen-bond donors (Lipinski definition) is 4. The lowest BCUT2D eigenvalue weighted by Gasteiger charge is -2.15. The summed E-state index contributed by atoms with van der Waals surface area (Å²) in [4.78, 5) is 24.0. The Bertz CT molecular complexity index is 1260. The third-order valence-electron chi connectivity index (χ3n) is 4.85. The second-order valence-corrected chi connectivity index (χ2v) is 7.23. The summed E-state index contributed by atoms with van der Waals surface area (Å²) in [5.41, 5.74) is 0.387. The number of fused-ring (bicyclic) bond motifs is 1. The van der Waals surface area contributed by atoms with Gasteiger partial charge in [0.2, 0.25) is 0 Å². The van der Waals surface area contributed by atoms with Crippen molar-refractivity contribution in [1.29, 1.82) is 0 Å². The highest BCUT2D eigenvalue weighted by atomic mass is 16.5. The van der Waals surface area contributed by atoms with E-state index in [9.17, 15) is 19.8 Å². The molecule has 34 heavy (non-hydrogen) atoms. The van der Waals surface area contributed by atoms with Crippen molar-refractivity contribution in [2.45, 2.75) is 12.5 Å². The van der Waals surface area contributed by atoms with Gasteiger partial charge in [-0.05, 0) is 18.6 Å². The van der Waals surface area contributed by atoms with Gasteiger partial charge < -0.3 is 39.1 Å². The Kier molecular flexibility index (Phi) is 7.77. The van der Waals surface area contributed by atoms with E-state index in [0.717, 1.165) is 0 Å². The molecule has 0 aliphatic heterocycles. The smallest absolute Gasteiger partial charge is 0.341 e. The maximum Gasteiger partial charge on any atom is 0.341 e. The van der Waals surface area contributed by atoms with Gasteiger partial charge in [0.05, 0.1) is 13.7 Å². The number of aliphatic hydroxyl groups excluding tert-OH is 2. The fraction of sp³-hybridized carbons (Fsp3) is 0.250. The molecule has 0 spiro atoms. The zero-order valence-electron chi connectivity index (χ0n) is 18.3. The van der Waals surface area contributed by atoms with E-state index in [1.165, 1.54) is 31.4 Å². The lowest BCUT2D eigenvalue weighted by Crippen LogP contribution is -2.21. The zero-order chi connectivity index (χ0) is 24.8. The Hall–Kier alpha value is -4.02. The highest BCUT2D eigenvalue weighted by Crippen LogP contribution is 2.39. The van der Waals surface area contributed by atoms with E-state index >= 15 is 0 Å². The Balaban J connectivity index is 2.20. The number of allylic oxidation sites excluding steroid dienone is 1. The molecule has 2 aromatic carbocycles. The molecule has 0 saturated carbocycles. The van der Waals surface area contributed by atoms with Crippen molar-refractivity contribution in [3.63, 3.8) is 0 Å². The van der Waals surface area contributed by atoms with Crippen molar-refractivity contribution in [3.05, 3.63) is 58.8 Å². The van der Waals surface area contributed by atoms with Crippen LogP contribution in [0.25, 0.3) is 22.3 Å². The molecule has 180 valence electrons. The van der Waals surface area contributed by atoms with Gasteiger partial charge in [0, 0.05) is 29.3 Å². The zero-order valence-corrected chi connectivity index (χ0v) is 18.3. The molecule has 4 N–H and O–H groups in total. The van der Waals surface area contributed by atoms with E-state index in [0.29, 0.717) is 11.1 Å². The van der Waals surface area contributed by atoms with Crippen LogP contribution < -0.4 is 19.6 Å². The number of phenolic OH excluding ortho intramolecular Hbond substituents is 1. The minimum Gasteiger partial charge on any atom is -0.504 e. The molecule has 0 bridgehead atoms. The second kappa shape index (κ2) is 10.7. The number of carboxylic acid groups (broad SMARTS) is 1. The first-order valence-corrected chi connectivity index (χ1v) is 10.2. The first-order chi connectivity index (χ1) is 16.3. The summed E-state index contributed by atoms with van der Waals surface area (Å²) in [6.45, 7) is 2.16. The number of rotatable bonds is 11. The maximum absolute atomic E-state index is 13.1. The molecule has 0 aliphatic rings. The van der Waals surface area contributed by atoms with E-state index < -0.39 is 30.7 Å². The number of aliphatic carboxylic acids is 1. The number of phenols is 1. The average Bonchev–Trinajstić information content (AvgIpc) is 2.81. The molecule has 0 fully saturated rings. The summed E-state index contributed by atoms with van der Waals surface area (Å²) in [7, 11) is 1.41. The van der Waals surface area contributed by atoms with Crippen LogP contribution in [0, 0.1) is 0 Å². The van der Waals surface area contributed by atoms with Crippen LogP contribution in [0.3, 0.4) is 0 Å². The van der Waals surface area contributed by atoms with E-state index in [-0.39, 0.29) is 52.8 Å². The quantitative estimate of drug-likeness (QED) is 0.305. The molecule has 0 saturated heterocycles. The molecule has 10 nitrogen and oxygen atoms in total. The normalized spacial score (nSPS) is 11.7. The van der Waals surface area contributed by atoms with Gasteiger partial charge in [-0.1, -0.05) is 6.08 Å². The molecule has 10 heteroatoms. The van der Waals surface area contributed by atoms with Crippen LogP contribution in [-0.4, -0.2) is 59.4 Å². The van der Waals surface area contributed by atoms with Gasteiger partial charge in [-0.25, -0.2) is 4.79 Å². The molecule has 3 rings (SSSR count). The molecular formula is C24H24O10. The number of carboxylic acids is 1. The lowest BCUT2D eigenvalue weighted by molar-refractivity contribution is -0.139. The van der Waals surface area contributed by atoms with Gasteiger partial charge in [-0.3, -0.25) is 4.79 Å². The largest absolute Gasteiger partial charge is 0.504 e. The number of carbonyl (C=O) groups is 1. The number of ether oxygens (including phenoxy) is 3. The van der Waals surface area contributed by atoms with E-state index in [2.05, 4.69) is 6.58 Å². The van der Waals surface area contributed by atoms with Crippen LogP contribution in [0.2, 0.25) is 0 Å². The Labute approximate surface area is 193 Å². The van der Waals surface area contributed by atoms with E-state index in [1.807, 2.05) is 0 Å². The predicted octanol–water partition coefficient (Wildman–Crippen LogP) is 2.10. The van der Waals surface area contributed by atoms with Crippen LogP contribution in [0.5, 0.6) is 23.0 Å². The van der Waals surface area contributed by atoms with Crippen LogP contribution in [0.1, 0.15) is 5.56 Å². The van der Waals surface area contributed by atoms with Crippen molar-refractivity contribution in [2.75, 3.05) is 26.9 Å². The van der Waals surface area contributed by atoms with Crippen molar-refractivity contribution in [3.8, 4) is 34.3 Å². The first kappa shape index (κ1) is 24.6. The summed E-state index contributed by atoms with van der Waals surface area (Å²) in [6, 6.07) is 7.02. The fourth-order valence-corrected chi connectivity index (χ4v) is 3.30. The van der Waals surface area contributed by atoms with Gasteiger partial charge >= 0.3 is 5.97 Å². The lowest BCUT2D eigenvalue weighted by atomic mass is 9.99. The van der Waals surface area contributed by atoms with E-state index in [4.69, 9.17) is 28.8 Å². The summed E-state index contributed by atoms with van der Waals surface area (Å²) >= 11 is 0. The molecule has 1 atom stereocenters.